The summed E-state index contributed by atoms with van der Waals surface area (Å²) in [5.41, 5.74) is 2.39. The Hall–Kier alpha value is -0.450. The molecule has 0 fully saturated rings. The summed E-state index contributed by atoms with van der Waals surface area (Å²) < 4.78 is 0.854. The van der Waals surface area contributed by atoms with Crippen LogP contribution >= 0.6 is 43.5 Å². The molecule has 1 aromatic carbocycles. The molecule has 1 aromatic heterocycles. The highest BCUT2D eigenvalue weighted by Gasteiger charge is 2.02. The first kappa shape index (κ1) is 11.0. The van der Waals surface area contributed by atoms with Gasteiger partial charge in [-0.15, -0.1) is 0 Å². The first-order valence-corrected chi connectivity index (χ1v) is 6.18. The van der Waals surface area contributed by atoms with E-state index in [0.29, 0.717) is 5.02 Å². The summed E-state index contributed by atoms with van der Waals surface area (Å²) in [6, 6.07) is 5.44. The van der Waals surface area contributed by atoms with Crippen molar-refractivity contribution in [3.8, 4) is 0 Å². The van der Waals surface area contributed by atoms with Crippen LogP contribution in [0.25, 0.3) is 15.5 Å². The zero-order valence-electron chi connectivity index (χ0n) is 7.42. The van der Waals surface area contributed by atoms with E-state index in [1.807, 2.05) is 6.07 Å². The Balaban J connectivity index is 2.62. The van der Waals surface area contributed by atoms with Gasteiger partial charge in [0.1, 0.15) is 0 Å². The van der Waals surface area contributed by atoms with E-state index in [1.165, 1.54) is 0 Å². The zero-order chi connectivity index (χ0) is 10.8. The molecule has 2 rings (SSSR count). The van der Waals surface area contributed by atoms with Gasteiger partial charge in [-0.1, -0.05) is 27.5 Å². The molecule has 0 aliphatic carbocycles. The molecule has 0 spiro atoms. The molecule has 0 bridgehead atoms. The summed E-state index contributed by atoms with van der Waals surface area (Å²) in [6.45, 7) is 0. The van der Waals surface area contributed by atoms with E-state index in [4.69, 9.17) is 11.6 Å². The maximum Gasteiger partial charge on any atom is 0.0967 e. The van der Waals surface area contributed by atoms with E-state index < -0.39 is 0 Å². The molecule has 0 unspecified atom stereocenters. The fraction of sp³-hybridized carbons (Fsp3) is 0. The van der Waals surface area contributed by atoms with Crippen LogP contribution in [-0.4, -0.2) is 9.97 Å². The molecule has 1 heterocycles. The zero-order valence-corrected chi connectivity index (χ0v) is 11.3. The van der Waals surface area contributed by atoms with Crippen LogP contribution in [-0.2, 0) is 0 Å². The maximum atomic E-state index is 5.85. The van der Waals surface area contributed by atoms with Crippen LogP contribution in [0.3, 0.4) is 0 Å². The smallest absolute Gasteiger partial charge is 0.0967 e. The van der Waals surface area contributed by atoms with Crippen molar-refractivity contribution in [2.75, 3.05) is 0 Å². The second kappa shape index (κ2) is 4.60. The van der Waals surface area contributed by atoms with E-state index in [-0.39, 0.29) is 0 Å². The van der Waals surface area contributed by atoms with Gasteiger partial charge in [0.05, 0.1) is 27.4 Å². The molecule has 0 saturated heterocycles. The van der Waals surface area contributed by atoms with Gasteiger partial charge in [0.2, 0.25) is 0 Å². The van der Waals surface area contributed by atoms with Gasteiger partial charge in [-0.3, -0.25) is 4.98 Å². The minimum Gasteiger partial charge on any atom is -0.252 e. The molecule has 2 aromatic rings. The van der Waals surface area contributed by atoms with E-state index in [0.717, 1.165) is 21.2 Å². The Bertz CT molecular complexity index is 540. The van der Waals surface area contributed by atoms with E-state index in [9.17, 15) is 0 Å². The van der Waals surface area contributed by atoms with Gasteiger partial charge in [-0.25, -0.2) is 4.98 Å². The minimum absolute atomic E-state index is 0.666. The summed E-state index contributed by atoms with van der Waals surface area (Å²) in [5.74, 6) is 0. The first-order chi connectivity index (χ1) is 7.20. The van der Waals surface area contributed by atoms with Crippen molar-refractivity contribution in [3.05, 3.63) is 40.1 Å². The number of rotatable bonds is 1. The van der Waals surface area contributed by atoms with Crippen LogP contribution < -0.4 is 0 Å². The topological polar surface area (TPSA) is 25.8 Å². The Kier molecular flexibility index (Phi) is 3.38. The molecule has 0 amide bonds. The van der Waals surface area contributed by atoms with Crippen LogP contribution in [0.2, 0.25) is 5.02 Å². The summed E-state index contributed by atoms with van der Waals surface area (Å²) in [5, 5.41) is 0.666. The first-order valence-electron chi connectivity index (χ1n) is 4.09. The second-order valence-electron chi connectivity index (χ2n) is 2.85. The van der Waals surface area contributed by atoms with Gasteiger partial charge < -0.3 is 0 Å². The average Bonchev–Trinajstić information content (AvgIpc) is 2.27. The van der Waals surface area contributed by atoms with Crippen molar-refractivity contribution in [1.82, 2.24) is 9.97 Å². The van der Waals surface area contributed by atoms with Gasteiger partial charge in [0.25, 0.3) is 0 Å². The molecule has 0 aliphatic rings. The highest BCUT2D eigenvalue weighted by Crippen LogP contribution is 2.23. The Morgan fingerprint density at radius 1 is 1.33 bits per heavy atom. The monoisotopic (exact) mass is 346 g/mol. The van der Waals surface area contributed by atoms with Crippen LogP contribution in [0.5, 0.6) is 0 Å². The lowest BCUT2D eigenvalue weighted by molar-refractivity contribution is 1.26. The molecule has 0 atom stereocenters. The lowest BCUT2D eigenvalue weighted by atomic mass is 10.3. The molecule has 0 radical (unpaired) electrons. The molecule has 5 heteroatoms. The highest BCUT2D eigenvalue weighted by molar-refractivity contribution is 9.16. The molecule has 0 N–H and O–H groups in total. The molecular formula is C10H5Br2ClN2. The largest absolute Gasteiger partial charge is 0.252 e. The average molecular weight is 348 g/mol. The number of hydrogen-bond acceptors (Lipinski definition) is 2. The number of aromatic nitrogens is 2. The summed E-state index contributed by atoms with van der Waals surface area (Å²) in [4.78, 5) is 10.4. The fourth-order valence-corrected chi connectivity index (χ4v) is 1.75. The van der Waals surface area contributed by atoms with Gasteiger partial charge in [-0.2, -0.15) is 0 Å². The fourth-order valence-electron chi connectivity index (χ4n) is 1.15. The highest BCUT2D eigenvalue weighted by atomic mass is 79.9. The van der Waals surface area contributed by atoms with Crippen molar-refractivity contribution in [1.29, 1.82) is 0 Å². The number of benzene rings is 1. The lowest BCUT2D eigenvalue weighted by Gasteiger charge is -2.00. The van der Waals surface area contributed by atoms with Gasteiger partial charge in [0.15, 0.2) is 0 Å². The Morgan fingerprint density at radius 3 is 2.87 bits per heavy atom. The van der Waals surface area contributed by atoms with Gasteiger partial charge >= 0.3 is 0 Å². The normalized spacial score (nSPS) is 12.1. The minimum atomic E-state index is 0.666. The Morgan fingerprint density at radius 2 is 2.13 bits per heavy atom. The third-order valence-corrected chi connectivity index (χ3v) is 3.79. The molecule has 0 aliphatic heterocycles. The van der Waals surface area contributed by atoms with Gasteiger partial charge in [0, 0.05) is 5.02 Å². The maximum absolute atomic E-state index is 5.85. The van der Waals surface area contributed by atoms with Crippen LogP contribution in [0, 0.1) is 0 Å². The standard InChI is InChI=1S/C10H5Br2ClN2/c11-4-7(12)10-5-14-9-3-6(13)1-2-8(9)15-10/h1-5H/b7-4-. The van der Waals surface area contributed by atoms with Crippen molar-refractivity contribution < 1.29 is 0 Å². The third kappa shape index (κ3) is 2.38. The Labute approximate surface area is 109 Å². The van der Waals surface area contributed by atoms with Crippen molar-refractivity contribution >= 4 is 59.0 Å². The number of halogens is 3. The quantitative estimate of drug-likeness (QED) is 0.765. The third-order valence-electron chi connectivity index (χ3n) is 1.84. The lowest BCUT2D eigenvalue weighted by Crippen LogP contribution is -1.88. The van der Waals surface area contributed by atoms with Crippen molar-refractivity contribution in [2.45, 2.75) is 0 Å². The number of hydrogen-bond donors (Lipinski definition) is 0. The summed E-state index contributed by atoms with van der Waals surface area (Å²) in [7, 11) is 0. The molecule has 76 valence electrons. The van der Waals surface area contributed by atoms with Crippen LogP contribution in [0.1, 0.15) is 5.69 Å². The number of nitrogens with zero attached hydrogens (tertiary/aromatic N) is 2. The molecular weight excluding hydrogens is 343 g/mol. The van der Waals surface area contributed by atoms with Crippen LogP contribution in [0.4, 0.5) is 0 Å². The number of fused-ring (bicyclic) bond motifs is 1. The van der Waals surface area contributed by atoms with E-state index in [1.54, 1.807) is 23.3 Å². The van der Waals surface area contributed by atoms with E-state index >= 15 is 0 Å². The molecule has 2 nitrogen and oxygen atoms in total. The van der Waals surface area contributed by atoms with Gasteiger partial charge in [-0.05, 0) is 39.1 Å². The summed E-state index contributed by atoms with van der Waals surface area (Å²) >= 11 is 12.5. The molecule has 0 saturated carbocycles. The summed E-state index contributed by atoms with van der Waals surface area (Å²) in [6.07, 6.45) is 1.69. The van der Waals surface area contributed by atoms with E-state index in [2.05, 4.69) is 41.8 Å². The predicted octanol–water partition coefficient (Wildman–Crippen LogP) is 4.37. The predicted molar refractivity (Wildman–Crippen MR) is 70.4 cm³/mol. The van der Waals surface area contributed by atoms with Crippen molar-refractivity contribution in [2.24, 2.45) is 0 Å². The van der Waals surface area contributed by atoms with Crippen molar-refractivity contribution in [3.63, 3.8) is 0 Å². The second-order valence-corrected chi connectivity index (χ2v) is 4.59. The van der Waals surface area contributed by atoms with Crippen LogP contribution in [0.15, 0.2) is 29.4 Å². The SMILES string of the molecule is Clc1ccc2nc(/C(Br)=C/Br)cnc2c1. The molecule has 15 heavy (non-hydrogen) atoms.